The van der Waals surface area contributed by atoms with Gasteiger partial charge in [0.1, 0.15) is 0 Å². The van der Waals surface area contributed by atoms with Gasteiger partial charge in [0, 0.05) is 36.0 Å². The summed E-state index contributed by atoms with van der Waals surface area (Å²) in [6, 6.07) is 0. The summed E-state index contributed by atoms with van der Waals surface area (Å²) in [5.41, 5.74) is 11.1. The minimum atomic E-state index is 0.442. The first-order valence-electron chi connectivity index (χ1n) is 3.65. The van der Waals surface area contributed by atoms with Crippen molar-refractivity contribution in [3.8, 4) is 0 Å². The first-order valence-corrected chi connectivity index (χ1v) is 3.65. The van der Waals surface area contributed by atoms with Gasteiger partial charge in [-0.1, -0.05) is 13.8 Å². The van der Waals surface area contributed by atoms with E-state index in [2.05, 4.69) is 0 Å². The van der Waals surface area contributed by atoms with Crippen molar-refractivity contribution in [1.82, 2.24) is 0 Å². The molecule has 0 radical (unpaired) electrons. The summed E-state index contributed by atoms with van der Waals surface area (Å²) in [7, 11) is 0. The van der Waals surface area contributed by atoms with Gasteiger partial charge in [-0.25, -0.2) is 0 Å². The summed E-state index contributed by atoms with van der Waals surface area (Å²) in [5.74, 6) is 0. The highest BCUT2D eigenvalue weighted by molar-refractivity contribution is 5.96. The van der Waals surface area contributed by atoms with E-state index in [4.69, 9.17) is 22.3 Å². The van der Waals surface area contributed by atoms with Crippen LogP contribution < -0.4 is 11.5 Å². The Morgan fingerprint density at radius 3 is 1.25 bits per heavy atom. The van der Waals surface area contributed by atoms with Gasteiger partial charge in [0.25, 0.3) is 0 Å². The summed E-state index contributed by atoms with van der Waals surface area (Å²) in [5, 5.41) is 13.6. The van der Waals surface area contributed by atoms with Crippen molar-refractivity contribution in [1.29, 1.82) is 10.8 Å². The molecule has 0 aliphatic heterocycles. The fourth-order valence-electron chi connectivity index (χ4n) is 0.455. The average molecular weight is 168 g/mol. The summed E-state index contributed by atoms with van der Waals surface area (Å²) in [6.45, 7) is 4.00. The maximum absolute atomic E-state index is 6.82. The monoisotopic (exact) mass is 168 g/mol. The average Bonchev–Trinajstić information content (AvgIpc) is 2.17. The number of nitrogens with one attached hydrogen (secondary N) is 2. The SMILES string of the molecule is CC.N=CC(=C/N)/C(C=N)=C\N. The number of rotatable bonds is 3. The first-order chi connectivity index (χ1) is 5.79. The molecular formula is C8H16N4. The van der Waals surface area contributed by atoms with Crippen molar-refractivity contribution in [3.05, 3.63) is 23.5 Å². The van der Waals surface area contributed by atoms with Crippen molar-refractivity contribution in [2.75, 3.05) is 0 Å². The van der Waals surface area contributed by atoms with Crippen molar-refractivity contribution in [2.45, 2.75) is 13.8 Å². The third-order valence-electron chi connectivity index (χ3n) is 1.00. The molecule has 0 spiro atoms. The molecule has 0 aliphatic carbocycles. The molecule has 0 unspecified atom stereocenters. The molecule has 0 amide bonds. The van der Waals surface area contributed by atoms with E-state index in [0.29, 0.717) is 11.1 Å². The molecule has 68 valence electrons. The third kappa shape index (κ3) is 4.27. The molecule has 0 heterocycles. The van der Waals surface area contributed by atoms with Gasteiger partial charge in [-0.15, -0.1) is 0 Å². The Labute approximate surface area is 73.0 Å². The van der Waals surface area contributed by atoms with Gasteiger partial charge >= 0.3 is 0 Å². The number of allylic oxidation sites excluding steroid dienone is 2. The molecule has 0 aromatic heterocycles. The van der Waals surface area contributed by atoms with Crippen molar-refractivity contribution >= 4 is 12.4 Å². The van der Waals surface area contributed by atoms with Crippen LogP contribution in [-0.2, 0) is 0 Å². The fraction of sp³-hybridized carbons (Fsp3) is 0.250. The fourth-order valence-corrected chi connectivity index (χ4v) is 0.455. The van der Waals surface area contributed by atoms with Gasteiger partial charge in [0.05, 0.1) is 0 Å². The zero-order chi connectivity index (χ0) is 9.98. The molecule has 4 heteroatoms. The van der Waals surface area contributed by atoms with Crippen LogP contribution in [0.1, 0.15) is 13.8 Å². The highest BCUT2D eigenvalue weighted by Crippen LogP contribution is 1.99. The predicted molar refractivity (Wildman–Crippen MR) is 53.5 cm³/mol. The first kappa shape index (κ1) is 13.0. The topological polar surface area (TPSA) is 99.7 Å². The zero-order valence-corrected chi connectivity index (χ0v) is 7.46. The van der Waals surface area contributed by atoms with Crippen LogP contribution >= 0.6 is 0 Å². The number of nitrogens with two attached hydrogens (primary N) is 2. The van der Waals surface area contributed by atoms with E-state index in [0.717, 1.165) is 12.4 Å². The summed E-state index contributed by atoms with van der Waals surface area (Å²) >= 11 is 0. The molecule has 0 atom stereocenters. The molecule has 0 rings (SSSR count). The van der Waals surface area contributed by atoms with Gasteiger partial charge < -0.3 is 22.3 Å². The largest absolute Gasteiger partial charge is 0.404 e. The van der Waals surface area contributed by atoms with Gasteiger partial charge in [-0.05, 0) is 0 Å². The summed E-state index contributed by atoms with van der Waals surface area (Å²) < 4.78 is 0. The maximum atomic E-state index is 6.82. The number of hydrogen-bond acceptors (Lipinski definition) is 4. The van der Waals surface area contributed by atoms with Crippen molar-refractivity contribution in [2.24, 2.45) is 11.5 Å². The third-order valence-corrected chi connectivity index (χ3v) is 1.00. The van der Waals surface area contributed by atoms with Crippen LogP contribution in [0.15, 0.2) is 23.5 Å². The quantitative estimate of drug-likeness (QED) is 0.373. The second kappa shape index (κ2) is 9.42. The van der Waals surface area contributed by atoms with Crippen LogP contribution in [0.2, 0.25) is 0 Å². The van der Waals surface area contributed by atoms with E-state index >= 15 is 0 Å². The van der Waals surface area contributed by atoms with E-state index in [-0.39, 0.29) is 0 Å². The van der Waals surface area contributed by atoms with Crippen LogP contribution in [0.3, 0.4) is 0 Å². The molecule has 12 heavy (non-hydrogen) atoms. The van der Waals surface area contributed by atoms with Gasteiger partial charge in [-0.3, -0.25) is 0 Å². The van der Waals surface area contributed by atoms with Gasteiger partial charge in [-0.2, -0.15) is 0 Å². The highest BCUT2D eigenvalue weighted by Gasteiger charge is 1.94. The van der Waals surface area contributed by atoms with Crippen LogP contribution in [0.25, 0.3) is 0 Å². The Morgan fingerprint density at radius 2 is 1.17 bits per heavy atom. The smallest absolute Gasteiger partial charge is 0.0271 e. The van der Waals surface area contributed by atoms with Crippen LogP contribution in [0.5, 0.6) is 0 Å². The Kier molecular flexibility index (Phi) is 10.2. The molecule has 0 aromatic carbocycles. The van der Waals surface area contributed by atoms with E-state index in [1.807, 2.05) is 13.8 Å². The predicted octanol–water partition coefficient (Wildman–Crippen LogP) is 0.997. The highest BCUT2D eigenvalue weighted by atomic mass is 14.5. The molecule has 0 saturated carbocycles. The molecule has 0 bridgehead atoms. The lowest BCUT2D eigenvalue weighted by Gasteiger charge is -1.96. The Hall–Kier alpha value is -1.58. The zero-order valence-electron chi connectivity index (χ0n) is 7.46. The van der Waals surface area contributed by atoms with Gasteiger partial charge in [0.15, 0.2) is 0 Å². The molecule has 0 aliphatic rings. The van der Waals surface area contributed by atoms with Crippen LogP contribution in [0, 0.1) is 10.8 Å². The van der Waals surface area contributed by atoms with Crippen LogP contribution in [-0.4, -0.2) is 12.4 Å². The van der Waals surface area contributed by atoms with Gasteiger partial charge in [0.2, 0.25) is 0 Å². The Balaban J connectivity index is 0. The lowest BCUT2D eigenvalue weighted by molar-refractivity contribution is 1.44. The van der Waals surface area contributed by atoms with Crippen LogP contribution in [0.4, 0.5) is 0 Å². The molecule has 0 fully saturated rings. The summed E-state index contributed by atoms with van der Waals surface area (Å²) in [6.07, 6.45) is 4.56. The normalized spacial score (nSPS) is 11.2. The summed E-state index contributed by atoms with van der Waals surface area (Å²) in [4.78, 5) is 0. The second-order valence-electron chi connectivity index (χ2n) is 1.53. The molecule has 6 N–H and O–H groups in total. The second-order valence-corrected chi connectivity index (χ2v) is 1.53. The Morgan fingerprint density at radius 1 is 0.917 bits per heavy atom. The minimum absolute atomic E-state index is 0.442. The van der Waals surface area contributed by atoms with E-state index in [9.17, 15) is 0 Å². The van der Waals surface area contributed by atoms with E-state index in [1.54, 1.807) is 0 Å². The molecular weight excluding hydrogens is 152 g/mol. The maximum Gasteiger partial charge on any atom is 0.0271 e. The Bertz CT molecular complexity index is 169. The number of hydrogen-bond donors (Lipinski definition) is 4. The molecule has 0 aromatic rings. The lowest BCUT2D eigenvalue weighted by atomic mass is 10.1. The molecule has 4 nitrogen and oxygen atoms in total. The molecule has 0 saturated heterocycles. The lowest BCUT2D eigenvalue weighted by Crippen LogP contribution is -1.98. The minimum Gasteiger partial charge on any atom is -0.404 e. The standard InChI is InChI=1S/C6H10N4.C2H6/c7-1-5(2-8)6(3-9)4-10;1-2/h1-4,7,9H,8,10H2;1-2H3/b5-2-,6-4-,7-1?,9-3?;. The van der Waals surface area contributed by atoms with Crippen molar-refractivity contribution < 1.29 is 0 Å². The van der Waals surface area contributed by atoms with E-state index in [1.165, 1.54) is 12.4 Å². The van der Waals surface area contributed by atoms with E-state index < -0.39 is 0 Å². The van der Waals surface area contributed by atoms with Crippen molar-refractivity contribution in [3.63, 3.8) is 0 Å².